The third kappa shape index (κ3) is 5.00. The van der Waals surface area contributed by atoms with E-state index < -0.39 is 0 Å². The topological polar surface area (TPSA) is 41.1 Å². The van der Waals surface area contributed by atoms with Gasteiger partial charge in [0.2, 0.25) is 0 Å². The highest BCUT2D eigenvalue weighted by molar-refractivity contribution is 5.35. The maximum atomic E-state index is 4.52. The Hall–Kier alpha value is -1.16. The Morgan fingerprint density at radius 2 is 1.78 bits per heavy atom. The highest BCUT2D eigenvalue weighted by Crippen LogP contribution is 2.10. The Balaban J connectivity index is 2.61. The SMILES string of the molecule is CCCN(CCC)c1cnc(CNC(C)C)cn1. The fraction of sp³-hybridized carbons (Fsp3) is 0.714. The van der Waals surface area contributed by atoms with Crippen LogP contribution in [0.4, 0.5) is 5.82 Å². The highest BCUT2D eigenvalue weighted by atomic mass is 15.2. The predicted molar refractivity (Wildman–Crippen MR) is 76.8 cm³/mol. The first-order valence-electron chi connectivity index (χ1n) is 6.96. The molecule has 102 valence electrons. The van der Waals surface area contributed by atoms with Gasteiger partial charge in [0.1, 0.15) is 5.82 Å². The first kappa shape index (κ1) is 14.9. The quantitative estimate of drug-likeness (QED) is 0.770. The van der Waals surface area contributed by atoms with Crippen molar-refractivity contribution in [2.45, 2.75) is 53.1 Å². The molecule has 0 atom stereocenters. The second kappa shape index (κ2) is 8.03. The van der Waals surface area contributed by atoms with Gasteiger partial charge in [-0.25, -0.2) is 4.98 Å². The molecule has 0 aliphatic carbocycles. The third-order valence-electron chi connectivity index (χ3n) is 2.69. The fourth-order valence-corrected chi connectivity index (χ4v) is 1.79. The minimum atomic E-state index is 0.475. The van der Waals surface area contributed by atoms with Crippen molar-refractivity contribution in [2.75, 3.05) is 18.0 Å². The average Bonchev–Trinajstić information content (AvgIpc) is 2.37. The molecule has 0 amide bonds. The number of nitrogens with one attached hydrogen (secondary N) is 1. The van der Waals surface area contributed by atoms with Gasteiger partial charge in [0, 0.05) is 25.7 Å². The first-order valence-corrected chi connectivity index (χ1v) is 6.96. The molecule has 1 aromatic heterocycles. The lowest BCUT2D eigenvalue weighted by Crippen LogP contribution is -2.26. The second-order valence-electron chi connectivity index (χ2n) is 4.89. The van der Waals surface area contributed by atoms with Crippen LogP contribution in [-0.4, -0.2) is 29.1 Å². The molecule has 0 unspecified atom stereocenters. The van der Waals surface area contributed by atoms with Gasteiger partial charge in [-0.15, -0.1) is 0 Å². The van der Waals surface area contributed by atoms with Crippen LogP contribution in [0, 0.1) is 0 Å². The molecule has 0 bridgehead atoms. The van der Waals surface area contributed by atoms with Crippen molar-refractivity contribution in [2.24, 2.45) is 0 Å². The molecular weight excluding hydrogens is 224 g/mol. The Morgan fingerprint density at radius 3 is 2.22 bits per heavy atom. The summed E-state index contributed by atoms with van der Waals surface area (Å²) >= 11 is 0. The van der Waals surface area contributed by atoms with Gasteiger partial charge >= 0.3 is 0 Å². The largest absolute Gasteiger partial charge is 0.355 e. The van der Waals surface area contributed by atoms with Crippen LogP contribution < -0.4 is 10.2 Å². The molecule has 1 heterocycles. The van der Waals surface area contributed by atoms with Gasteiger partial charge in [-0.3, -0.25) is 4.98 Å². The van der Waals surface area contributed by atoms with Crippen molar-refractivity contribution in [3.8, 4) is 0 Å². The second-order valence-corrected chi connectivity index (χ2v) is 4.89. The van der Waals surface area contributed by atoms with Crippen molar-refractivity contribution >= 4 is 5.82 Å². The summed E-state index contributed by atoms with van der Waals surface area (Å²) in [4.78, 5) is 11.3. The van der Waals surface area contributed by atoms with Crippen molar-refractivity contribution in [1.29, 1.82) is 0 Å². The summed E-state index contributed by atoms with van der Waals surface area (Å²) in [6.45, 7) is 11.5. The predicted octanol–water partition coefficient (Wildman–Crippen LogP) is 2.60. The maximum Gasteiger partial charge on any atom is 0.147 e. The average molecular weight is 250 g/mol. The molecule has 0 aliphatic heterocycles. The van der Waals surface area contributed by atoms with Gasteiger partial charge in [-0.1, -0.05) is 27.7 Å². The zero-order valence-electron chi connectivity index (χ0n) is 12.1. The standard InChI is InChI=1S/C14H26N4/c1-5-7-18(8-6-2)14-11-16-13(10-17-14)9-15-12(3)4/h10-12,15H,5-9H2,1-4H3. The minimum Gasteiger partial charge on any atom is -0.355 e. The minimum absolute atomic E-state index is 0.475. The summed E-state index contributed by atoms with van der Waals surface area (Å²) in [6, 6.07) is 0.475. The number of hydrogen-bond donors (Lipinski definition) is 1. The molecule has 0 saturated heterocycles. The number of anilines is 1. The van der Waals surface area contributed by atoms with Crippen molar-refractivity contribution in [3.63, 3.8) is 0 Å². The number of hydrogen-bond acceptors (Lipinski definition) is 4. The molecular formula is C14H26N4. The van der Waals surface area contributed by atoms with E-state index in [4.69, 9.17) is 0 Å². The molecule has 0 spiro atoms. The maximum absolute atomic E-state index is 4.52. The van der Waals surface area contributed by atoms with Gasteiger partial charge in [-0.05, 0) is 12.8 Å². The molecule has 4 nitrogen and oxygen atoms in total. The van der Waals surface area contributed by atoms with Gasteiger partial charge in [0.05, 0.1) is 18.1 Å². The Morgan fingerprint density at radius 1 is 1.11 bits per heavy atom. The smallest absolute Gasteiger partial charge is 0.147 e. The number of rotatable bonds is 8. The van der Waals surface area contributed by atoms with E-state index in [1.54, 1.807) is 0 Å². The third-order valence-corrected chi connectivity index (χ3v) is 2.69. The van der Waals surface area contributed by atoms with E-state index in [1.165, 1.54) is 0 Å². The lowest BCUT2D eigenvalue weighted by atomic mass is 10.3. The van der Waals surface area contributed by atoms with Crippen LogP contribution in [0.1, 0.15) is 46.2 Å². The molecule has 0 aliphatic rings. The summed E-state index contributed by atoms with van der Waals surface area (Å²) in [5.41, 5.74) is 1.00. The summed E-state index contributed by atoms with van der Waals surface area (Å²) in [5.74, 6) is 0.993. The van der Waals surface area contributed by atoms with Gasteiger partial charge in [-0.2, -0.15) is 0 Å². The lowest BCUT2D eigenvalue weighted by Gasteiger charge is -2.22. The molecule has 1 aromatic rings. The van der Waals surface area contributed by atoms with Crippen LogP contribution in [0.5, 0.6) is 0 Å². The molecule has 1 rings (SSSR count). The summed E-state index contributed by atoms with van der Waals surface area (Å²) in [7, 11) is 0. The summed E-state index contributed by atoms with van der Waals surface area (Å²) in [5, 5.41) is 3.34. The zero-order chi connectivity index (χ0) is 13.4. The Kier molecular flexibility index (Phi) is 6.65. The van der Waals surface area contributed by atoms with Gasteiger partial charge in [0.15, 0.2) is 0 Å². The summed E-state index contributed by atoms with van der Waals surface area (Å²) < 4.78 is 0. The van der Waals surface area contributed by atoms with Gasteiger partial charge < -0.3 is 10.2 Å². The van der Waals surface area contributed by atoms with Crippen LogP contribution >= 0.6 is 0 Å². The van der Waals surface area contributed by atoms with E-state index in [0.29, 0.717) is 6.04 Å². The normalized spacial score (nSPS) is 10.9. The van der Waals surface area contributed by atoms with Crippen LogP contribution in [0.2, 0.25) is 0 Å². The molecule has 0 aromatic carbocycles. The Bertz CT molecular complexity index is 315. The highest BCUT2D eigenvalue weighted by Gasteiger charge is 2.06. The van der Waals surface area contributed by atoms with Crippen LogP contribution in [0.15, 0.2) is 12.4 Å². The zero-order valence-corrected chi connectivity index (χ0v) is 12.1. The van der Waals surface area contributed by atoms with Crippen LogP contribution in [0.25, 0.3) is 0 Å². The number of aromatic nitrogens is 2. The van der Waals surface area contributed by atoms with Crippen LogP contribution in [0.3, 0.4) is 0 Å². The Labute approximate surface area is 111 Å². The van der Waals surface area contributed by atoms with Crippen LogP contribution in [-0.2, 0) is 6.54 Å². The van der Waals surface area contributed by atoms with E-state index >= 15 is 0 Å². The van der Waals surface area contributed by atoms with E-state index in [1.807, 2.05) is 12.4 Å². The fourth-order valence-electron chi connectivity index (χ4n) is 1.79. The molecule has 0 saturated carbocycles. The summed E-state index contributed by atoms with van der Waals surface area (Å²) in [6.07, 6.45) is 6.04. The van der Waals surface area contributed by atoms with E-state index in [0.717, 1.165) is 44.0 Å². The van der Waals surface area contributed by atoms with Crippen molar-refractivity contribution in [3.05, 3.63) is 18.1 Å². The van der Waals surface area contributed by atoms with Crippen molar-refractivity contribution in [1.82, 2.24) is 15.3 Å². The lowest BCUT2D eigenvalue weighted by molar-refractivity contribution is 0.580. The number of nitrogens with zero attached hydrogens (tertiary/aromatic N) is 3. The van der Waals surface area contributed by atoms with E-state index in [9.17, 15) is 0 Å². The molecule has 18 heavy (non-hydrogen) atoms. The first-order chi connectivity index (χ1) is 8.67. The van der Waals surface area contributed by atoms with Gasteiger partial charge in [0.25, 0.3) is 0 Å². The monoisotopic (exact) mass is 250 g/mol. The molecule has 4 heteroatoms. The molecule has 1 N–H and O–H groups in total. The van der Waals surface area contributed by atoms with Crippen molar-refractivity contribution < 1.29 is 0 Å². The molecule has 0 fully saturated rings. The van der Waals surface area contributed by atoms with E-state index in [-0.39, 0.29) is 0 Å². The molecule has 0 radical (unpaired) electrons. The van der Waals surface area contributed by atoms with E-state index in [2.05, 4.69) is 47.9 Å².